The largest absolute Gasteiger partial charge is 0.317 e. The van der Waals surface area contributed by atoms with Crippen molar-refractivity contribution in [2.45, 2.75) is 38.6 Å². The molecule has 0 radical (unpaired) electrons. The summed E-state index contributed by atoms with van der Waals surface area (Å²) in [6.45, 7) is 6.90. The molecule has 1 aliphatic heterocycles. The van der Waals surface area contributed by atoms with Gasteiger partial charge >= 0.3 is 0 Å². The second-order valence-electron chi connectivity index (χ2n) is 6.52. The van der Waals surface area contributed by atoms with E-state index in [0.29, 0.717) is 16.8 Å². The molecule has 122 valence electrons. The summed E-state index contributed by atoms with van der Waals surface area (Å²) in [4.78, 5) is 15.1. The van der Waals surface area contributed by atoms with Gasteiger partial charge in [0.1, 0.15) is 5.78 Å². The van der Waals surface area contributed by atoms with E-state index < -0.39 is 0 Å². The maximum absolute atomic E-state index is 12.7. The summed E-state index contributed by atoms with van der Waals surface area (Å²) < 4.78 is 0. The van der Waals surface area contributed by atoms with Crippen molar-refractivity contribution in [3.8, 4) is 0 Å². The fraction of sp³-hybridized carbons (Fsp3) is 0.611. The Balaban J connectivity index is 2.08. The van der Waals surface area contributed by atoms with E-state index in [9.17, 15) is 4.79 Å². The molecule has 1 N–H and O–H groups in total. The SMILES string of the molecule is CNC1CCN(C[C@@H](C(=O)C(C)C)c2ccc(Cl)cc2)CC1. The molecule has 0 aliphatic carbocycles. The summed E-state index contributed by atoms with van der Waals surface area (Å²) in [7, 11) is 2.03. The zero-order valence-corrected chi connectivity index (χ0v) is 14.6. The molecule has 1 saturated heterocycles. The van der Waals surface area contributed by atoms with Crippen LogP contribution >= 0.6 is 11.6 Å². The molecule has 0 amide bonds. The molecule has 0 unspecified atom stereocenters. The normalized spacial score (nSPS) is 18.6. The van der Waals surface area contributed by atoms with E-state index in [-0.39, 0.29) is 11.8 Å². The van der Waals surface area contributed by atoms with E-state index in [0.717, 1.165) is 38.0 Å². The van der Waals surface area contributed by atoms with Gasteiger partial charge in [0.25, 0.3) is 0 Å². The molecule has 1 aromatic rings. The number of ketones is 1. The van der Waals surface area contributed by atoms with Crippen LogP contribution in [0.15, 0.2) is 24.3 Å². The lowest BCUT2D eigenvalue weighted by Gasteiger charge is -2.34. The van der Waals surface area contributed by atoms with E-state index in [1.165, 1.54) is 0 Å². The van der Waals surface area contributed by atoms with Crippen molar-refractivity contribution in [1.82, 2.24) is 10.2 Å². The van der Waals surface area contributed by atoms with Crippen molar-refractivity contribution < 1.29 is 4.79 Å². The third kappa shape index (κ3) is 4.55. The van der Waals surface area contributed by atoms with Gasteiger partial charge in [0, 0.05) is 23.5 Å². The molecule has 0 spiro atoms. The molecule has 0 bridgehead atoms. The first-order chi connectivity index (χ1) is 10.5. The minimum atomic E-state index is -0.0524. The maximum atomic E-state index is 12.7. The van der Waals surface area contributed by atoms with Crippen LogP contribution in [0.4, 0.5) is 0 Å². The minimum absolute atomic E-state index is 0.0514. The lowest BCUT2D eigenvalue weighted by Crippen LogP contribution is -2.43. The summed E-state index contributed by atoms with van der Waals surface area (Å²) in [5.74, 6) is 0.317. The number of rotatable bonds is 6. The van der Waals surface area contributed by atoms with Gasteiger partial charge in [-0.05, 0) is 50.7 Å². The number of piperidine rings is 1. The number of Topliss-reactive ketones (excluding diaryl/α,β-unsaturated/α-hetero) is 1. The average molecular weight is 323 g/mol. The number of carbonyl (C=O) groups is 1. The number of likely N-dealkylation sites (tertiary alicyclic amines) is 1. The van der Waals surface area contributed by atoms with Gasteiger partial charge in [0.15, 0.2) is 0 Å². The van der Waals surface area contributed by atoms with Crippen LogP contribution in [0.5, 0.6) is 0 Å². The van der Waals surface area contributed by atoms with Crippen LogP contribution in [-0.4, -0.2) is 43.4 Å². The molecular weight excluding hydrogens is 296 g/mol. The van der Waals surface area contributed by atoms with Crippen molar-refractivity contribution >= 4 is 17.4 Å². The predicted octanol–water partition coefficient (Wildman–Crippen LogP) is 3.33. The van der Waals surface area contributed by atoms with Crippen LogP contribution in [0.2, 0.25) is 5.02 Å². The molecule has 2 rings (SSSR count). The zero-order chi connectivity index (χ0) is 16.1. The van der Waals surface area contributed by atoms with Crippen LogP contribution in [0, 0.1) is 5.92 Å². The third-order valence-corrected chi connectivity index (χ3v) is 4.87. The number of benzene rings is 1. The maximum Gasteiger partial charge on any atom is 0.144 e. The van der Waals surface area contributed by atoms with Gasteiger partial charge in [-0.3, -0.25) is 4.79 Å². The molecule has 3 nitrogen and oxygen atoms in total. The predicted molar refractivity (Wildman–Crippen MR) is 92.6 cm³/mol. The fourth-order valence-electron chi connectivity index (χ4n) is 3.12. The molecule has 1 heterocycles. The fourth-order valence-corrected chi connectivity index (χ4v) is 3.25. The summed E-state index contributed by atoms with van der Waals surface area (Å²) in [6, 6.07) is 8.36. The number of nitrogens with zero attached hydrogens (tertiary/aromatic N) is 1. The van der Waals surface area contributed by atoms with Crippen molar-refractivity contribution in [3.05, 3.63) is 34.9 Å². The van der Waals surface area contributed by atoms with Gasteiger partial charge < -0.3 is 10.2 Å². The Morgan fingerprint density at radius 3 is 2.36 bits per heavy atom. The Morgan fingerprint density at radius 1 is 1.27 bits per heavy atom. The summed E-state index contributed by atoms with van der Waals surface area (Å²) in [5.41, 5.74) is 1.08. The van der Waals surface area contributed by atoms with Gasteiger partial charge in [0.2, 0.25) is 0 Å². The lowest BCUT2D eigenvalue weighted by molar-refractivity contribution is -0.123. The van der Waals surface area contributed by atoms with Crippen LogP contribution in [0.25, 0.3) is 0 Å². The van der Waals surface area contributed by atoms with Gasteiger partial charge in [-0.1, -0.05) is 37.6 Å². The highest BCUT2D eigenvalue weighted by molar-refractivity contribution is 6.30. The number of halogens is 1. The number of hydrogen-bond acceptors (Lipinski definition) is 3. The van der Waals surface area contributed by atoms with E-state index in [2.05, 4.69) is 10.2 Å². The summed E-state index contributed by atoms with van der Waals surface area (Å²) in [6.07, 6.45) is 2.30. The van der Waals surface area contributed by atoms with Crippen molar-refractivity contribution in [2.75, 3.05) is 26.7 Å². The van der Waals surface area contributed by atoms with Gasteiger partial charge in [-0.25, -0.2) is 0 Å². The zero-order valence-electron chi connectivity index (χ0n) is 13.8. The highest BCUT2D eigenvalue weighted by Crippen LogP contribution is 2.25. The highest BCUT2D eigenvalue weighted by atomic mass is 35.5. The lowest BCUT2D eigenvalue weighted by atomic mass is 9.88. The smallest absolute Gasteiger partial charge is 0.144 e. The van der Waals surface area contributed by atoms with E-state index in [1.807, 2.05) is 45.2 Å². The van der Waals surface area contributed by atoms with E-state index in [1.54, 1.807) is 0 Å². The third-order valence-electron chi connectivity index (χ3n) is 4.62. The Labute approximate surface area is 139 Å². The Morgan fingerprint density at radius 2 is 1.86 bits per heavy atom. The van der Waals surface area contributed by atoms with Crippen molar-refractivity contribution in [2.24, 2.45) is 5.92 Å². The molecule has 1 atom stereocenters. The topological polar surface area (TPSA) is 32.3 Å². The molecule has 22 heavy (non-hydrogen) atoms. The molecule has 1 fully saturated rings. The van der Waals surface area contributed by atoms with Gasteiger partial charge in [0.05, 0.1) is 5.92 Å². The summed E-state index contributed by atoms with van der Waals surface area (Å²) in [5, 5.41) is 4.07. The quantitative estimate of drug-likeness (QED) is 0.872. The molecular formula is C18H27ClN2O. The second kappa shape index (κ2) is 8.09. The Hall–Kier alpha value is -0.900. The molecule has 0 aromatic heterocycles. The van der Waals surface area contributed by atoms with Gasteiger partial charge in [-0.2, -0.15) is 0 Å². The monoisotopic (exact) mass is 322 g/mol. The van der Waals surface area contributed by atoms with Crippen LogP contribution in [0.3, 0.4) is 0 Å². The van der Waals surface area contributed by atoms with Crippen LogP contribution in [0.1, 0.15) is 38.2 Å². The number of hydrogen-bond donors (Lipinski definition) is 1. The standard InChI is InChI=1S/C18H27ClN2O/c1-13(2)18(22)17(14-4-6-15(19)7-5-14)12-21-10-8-16(20-3)9-11-21/h4-7,13,16-17,20H,8-12H2,1-3H3/t17-/m1/s1. The van der Waals surface area contributed by atoms with Gasteiger partial charge in [-0.15, -0.1) is 0 Å². The average Bonchev–Trinajstić information content (AvgIpc) is 2.53. The Bertz CT molecular complexity index is 478. The first-order valence-electron chi connectivity index (χ1n) is 8.20. The molecule has 1 aromatic carbocycles. The van der Waals surface area contributed by atoms with E-state index in [4.69, 9.17) is 11.6 Å². The van der Waals surface area contributed by atoms with Crippen molar-refractivity contribution in [1.29, 1.82) is 0 Å². The first-order valence-corrected chi connectivity index (χ1v) is 8.58. The molecule has 1 aliphatic rings. The minimum Gasteiger partial charge on any atom is -0.317 e. The van der Waals surface area contributed by atoms with Crippen molar-refractivity contribution in [3.63, 3.8) is 0 Å². The van der Waals surface area contributed by atoms with Crippen LogP contribution < -0.4 is 5.32 Å². The first kappa shape index (κ1) is 17.5. The second-order valence-corrected chi connectivity index (χ2v) is 6.96. The molecule has 0 saturated carbocycles. The summed E-state index contributed by atoms with van der Waals surface area (Å²) >= 11 is 5.98. The molecule has 4 heteroatoms. The Kier molecular flexibility index (Phi) is 6.42. The highest BCUT2D eigenvalue weighted by Gasteiger charge is 2.27. The number of nitrogens with one attached hydrogen (secondary N) is 1. The van der Waals surface area contributed by atoms with Crippen LogP contribution in [-0.2, 0) is 4.79 Å². The number of carbonyl (C=O) groups excluding carboxylic acids is 1. The van der Waals surface area contributed by atoms with E-state index >= 15 is 0 Å².